The number of hydrogen-bond acceptors (Lipinski definition) is 4. The lowest BCUT2D eigenvalue weighted by molar-refractivity contribution is 0.213. The summed E-state index contributed by atoms with van der Waals surface area (Å²) in [4.78, 5) is 2.24. The van der Waals surface area contributed by atoms with Gasteiger partial charge in [-0.05, 0) is 49.1 Å². The topological polar surface area (TPSA) is 30.9 Å². The van der Waals surface area contributed by atoms with Crippen molar-refractivity contribution in [1.29, 1.82) is 0 Å². The number of benzene rings is 1. The molecule has 21 heavy (non-hydrogen) atoms. The average Bonchev–Trinajstić information content (AvgIpc) is 2.82. The Hall–Kier alpha value is -2.23. The summed E-state index contributed by atoms with van der Waals surface area (Å²) in [5.41, 5.74) is 5.25. The molecule has 4 rings (SSSR count). The van der Waals surface area contributed by atoms with Crippen LogP contribution in [0.2, 0.25) is 0 Å². The minimum Gasteiger partial charge on any atom is -0.385 e. The third-order valence-corrected chi connectivity index (χ3v) is 4.58. The molecule has 1 atom stereocenters. The summed E-state index contributed by atoms with van der Waals surface area (Å²) in [6.07, 6.45) is 9.03. The minimum absolute atomic E-state index is 0.276. The molecule has 3 aliphatic heterocycles. The maximum absolute atomic E-state index is 4.73. The summed E-state index contributed by atoms with van der Waals surface area (Å²) in [5, 5.41) is 10.3. The van der Waals surface area contributed by atoms with E-state index in [0.29, 0.717) is 0 Å². The molecule has 0 aromatic heterocycles. The Morgan fingerprint density at radius 2 is 2.24 bits per heavy atom. The summed E-state index contributed by atoms with van der Waals surface area (Å²) < 4.78 is 0. The first kappa shape index (κ1) is 12.5. The number of fused-ring (bicyclic) bond motifs is 2. The molecule has 1 unspecified atom stereocenters. The number of nitrogens with one attached hydrogen (secondary N) is 1. The van der Waals surface area contributed by atoms with Gasteiger partial charge in [-0.1, -0.05) is 12.1 Å². The third kappa shape index (κ3) is 1.86. The van der Waals surface area contributed by atoms with Gasteiger partial charge in [-0.2, -0.15) is 5.10 Å². The van der Waals surface area contributed by atoms with Crippen molar-refractivity contribution in [2.24, 2.45) is 5.10 Å². The fourth-order valence-electron chi connectivity index (χ4n) is 3.31. The van der Waals surface area contributed by atoms with Crippen molar-refractivity contribution < 1.29 is 0 Å². The van der Waals surface area contributed by atoms with Gasteiger partial charge in [-0.3, -0.25) is 5.01 Å². The normalized spacial score (nSPS) is 23.2. The number of amidine groups is 1. The molecule has 0 aliphatic carbocycles. The van der Waals surface area contributed by atoms with Crippen molar-refractivity contribution in [1.82, 2.24) is 9.91 Å². The number of hydrazone groups is 1. The van der Waals surface area contributed by atoms with Crippen molar-refractivity contribution in [2.75, 3.05) is 18.9 Å². The first-order valence-electron chi connectivity index (χ1n) is 7.60. The van der Waals surface area contributed by atoms with E-state index in [9.17, 15) is 0 Å². The highest BCUT2D eigenvalue weighted by Crippen LogP contribution is 2.34. The van der Waals surface area contributed by atoms with E-state index < -0.39 is 0 Å². The van der Waals surface area contributed by atoms with Gasteiger partial charge >= 0.3 is 0 Å². The van der Waals surface area contributed by atoms with Gasteiger partial charge in [0.1, 0.15) is 6.17 Å². The van der Waals surface area contributed by atoms with Crippen LogP contribution in [0, 0.1) is 0 Å². The smallest absolute Gasteiger partial charge is 0.162 e. The Bertz CT molecular complexity index is 671. The van der Waals surface area contributed by atoms with E-state index >= 15 is 0 Å². The largest absolute Gasteiger partial charge is 0.385 e. The van der Waals surface area contributed by atoms with Crippen molar-refractivity contribution in [3.8, 4) is 0 Å². The van der Waals surface area contributed by atoms with Gasteiger partial charge in [0, 0.05) is 31.1 Å². The van der Waals surface area contributed by atoms with Crippen molar-refractivity contribution in [3.05, 3.63) is 47.7 Å². The lowest BCUT2D eigenvalue weighted by Gasteiger charge is -2.28. The molecule has 1 aromatic carbocycles. The van der Waals surface area contributed by atoms with E-state index in [1.165, 1.54) is 28.8 Å². The first-order valence-corrected chi connectivity index (χ1v) is 7.60. The number of allylic oxidation sites excluding steroid dienone is 2. The average molecular weight is 280 g/mol. The molecule has 3 heterocycles. The molecular formula is C17H20N4. The van der Waals surface area contributed by atoms with Gasteiger partial charge in [0.2, 0.25) is 0 Å². The van der Waals surface area contributed by atoms with E-state index in [0.717, 1.165) is 18.8 Å². The fraction of sp³-hybridized carbons (Fsp3) is 0.353. The van der Waals surface area contributed by atoms with E-state index in [1.807, 2.05) is 12.1 Å². The van der Waals surface area contributed by atoms with Crippen LogP contribution in [0.3, 0.4) is 0 Å². The third-order valence-electron chi connectivity index (χ3n) is 4.58. The Balaban J connectivity index is 1.82. The van der Waals surface area contributed by atoms with E-state index in [2.05, 4.69) is 53.7 Å². The SMILES string of the molecule is CC1N(C)N=C2C(c3cccc4c3CCCN4)=CC=CN21. The number of anilines is 1. The Morgan fingerprint density at radius 3 is 3.14 bits per heavy atom. The molecule has 0 spiro atoms. The Morgan fingerprint density at radius 1 is 1.33 bits per heavy atom. The van der Waals surface area contributed by atoms with Crippen LogP contribution >= 0.6 is 0 Å². The van der Waals surface area contributed by atoms with Crippen LogP contribution in [0.15, 0.2) is 41.7 Å². The highest BCUT2D eigenvalue weighted by molar-refractivity contribution is 6.25. The van der Waals surface area contributed by atoms with Crippen LogP contribution in [-0.2, 0) is 6.42 Å². The first-order chi connectivity index (χ1) is 10.3. The molecule has 0 saturated carbocycles. The standard InChI is InChI=1S/C17H20N4/c1-12-20(2)19-17-15(8-5-11-21(12)17)13-6-3-9-16-14(13)7-4-10-18-16/h3,5-6,8-9,11-12,18H,4,7,10H2,1-2H3. The predicted octanol–water partition coefficient (Wildman–Crippen LogP) is 2.86. The van der Waals surface area contributed by atoms with Gasteiger partial charge in [-0.15, -0.1) is 0 Å². The Labute approximate surface area is 125 Å². The molecule has 3 aliphatic rings. The maximum atomic E-state index is 4.73. The number of nitrogens with zero attached hydrogens (tertiary/aromatic N) is 3. The molecule has 0 amide bonds. The van der Waals surface area contributed by atoms with Crippen molar-refractivity contribution in [2.45, 2.75) is 25.9 Å². The minimum atomic E-state index is 0.276. The van der Waals surface area contributed by atoms with Gasteiger partial charge in [0.05, 0.1) is 0 Å². The van der Waals surface area contributed by atoms with E-state index in [1.54, 1.807) is 0 Å². The molecule has 0 radical (unpaired) electrons. The van der Waals surface area contributed by atoms with E-state index in [-0.39, 0.29) is 6.17 Å². The van der Waals surface area contributed by atoms with Gasteiger partial charge in [0.25, 0.3) is 0 Å². The van der Waals surface area contributed by atoms with Crippen molar-refractivity contribution in [3.63, 3.8) is 0 Å². The lowest BCUT2D eigenvalue weighted by atomic mass is 9.91. The van der Waals surface area contributed by atoms with Crippen LogP contribution in [0.5, 0.6) is 0 Å². The summed E-state index contributed by atoms with van der Waals surface area (Å²) in [6, 6.07) is 6.54. The monoisotopic (exact) mass is 280 g/mol. The van der Waals surface area contributed by atoms with Crippen LogP contribution in [0.4, 0.5) is 5.69 Å². The number of hydrogen-bond donors (Lipinski definition) is 1. The highest BCUT2D eigenvalue weighted by Gasteiger charge is 2.32. The zero-order valence-corrected chi connectivity index (χ0v) is 12.5. The summed E-state index contributed by atoms with van der Waals surface area (Å²) in [7, 11) is 2.03. The quantitative estimate of drug-likeness (QED) is 0.858. The molecule has 0 fully saturated rings. The fourth-order valence-corrected chi connectivity index (χ4v) is 3.31. The zero-order chi connectivity index (χ0) is 14.4. The second kappa shape index (κ2) is 4.65. The second-order valence-electron chi connectivity index (χ2n) is 5.82. The molecular weight excluding hydrogens is 260 g/mol. The Kier molecular flexibility index (Phi) is 2.77. The maximum Gasteiger partial charge on any atom is 0.162 e. The predicted molar refractivity (Wildman–Crippen MR) is 86.9 cm³/mol. The van der Waals surface area contributed by atoms with Crippen LogP contribution in [0.25, 0.3) is 5.57 Å². The molecule has 4 nitrogen and oxygen atoms in total. The van der Waals surface area contributed by atoms with Crippen molar-refractivity contribution >= 4 is 17.1 Å². The molecule has 108 valence electrons. The molecule has 1 N–H and O–H groups in total. The highest BCUT2D eigenvalue weighted by atomic mass is 15.6. The second-order valence-corrected chi connectivity index (χ2v) is 5.82. The summed E-state index contributed by atoms with van der Waals surface area (Å²) in [6.45, 7) is 3.24. The number of rotatable bonds is 1. The molecule has 4 heteroatoms. The van der Waals surface area contributed by atoms with Crippen LogP contribution in [0.1, 0.15) is 24.5 Å². The lowest BCUT2D eigenvalue weighted by Crippen LogP contribution is -2.35. The molecule has 0 bridgehead atoms. The van der Waals surface area contributed by atoms with E-state index in [4.69, 9.17) is 5.10 Å². The van der Waals surface area contributed by atoms with Gasteiger partial charge in [0.15, 0.2) is 5.84 Å². The zero-order valence-electron chi connectivity index (χ0n) is 12.5. The van der Waals surface area contributed by atoms with Gasteiger partial charge < -0.3 is 10.2 Å². The van der Waals surface area contributed by atoms with Crippen LogP contribution in [-0.4, -0.2) is 35.5 Å². The molecule has 0 saturated heterocycles. The van der Waals surface area contributed by atoms with Gasteiger partial charge in [-0.25, -0.2) is 0 Å². The van der Waals surface area contributed by atoms with Crippen LogP contribution < -0.4 is 5.32 Å². The summed E-state index contributed by atoms with van der Waals surface area (Å²) >= 11 is 0. The summed E-state index contributed by atoms with van der Waals surface area (Å²) in [5.74, 6) is 1.06. The molecule has 1 aromatic rings.